The van der Waals surface area contributed by atoms with Crippen molar-refractivity contribution in [2.75, 3.05) is 13.6 Å². The number of ketones is 1. The van der Waals surface area contributed by atoms with E-state index in [9.17, 15) is 14.4 Å². The highest BCUT2D eigenvalue weighted by Gasteiger charge is 2.15. The summed E-state index contributed by atoms with van der Waals surface area (Å²) in [5.41, 5.74) is 0. The van der Waals surface area contributed by atoms with Crippen molar-refractivity contribution in [3.8, 4) is 0 Å². The Morgan fingerprint density at radius 2 is 1.88 bits per heavy atom. The quantitative estimate of drug-likeness (QED) is 0.809. The van der Waals surface area contributed by atoms with Gasteiger partial charge in [0.15, 0.2) is 5.78 Å². The Balaban J connectivity index is 2.68. The second-order valence-electron chi connectivity index (χ2n) is 3.59. The summed E-state index contributed by atoms with van der Waals surface area (Å²) < 4.78 is 0. The molecule has 0 aliphatic rings. The zero-order valence-corrected chi connectivity index (χ0v) is 10.4. The van der Waals surface area contributed by atoms with Gasteiger partial charge in [0.2, 0.25) is 0 Å². The molecular weight excluding hydrogens is 242 g/mol. The molecule has 1 N–H and O–H groups in total. The average molecular weight is 255 g/mol. The fraction of sp³-hybridized carbons (Fsp3) is 0.364. The number of thiophene rings is 1. The number of hydrogen-bond donors (Lipinski definition) is 1. The lowest BCUT2D eigenvalue weighted by atomic mass is 10.3. The number of hydrogen-bond acceptors (Lipinski definition) is 4. The molecule has 0 fully saturated rings. The standard InChI is InChI=1S/C11H13NO4S/c1-7(13)8-3-4-9(17-8)11(16)12(2)6-5-10(14)15/h3-4H,5-6H2,1-2H3,(H,14,15). The van der Waals surface area contributed by atoms with Gasteiger partial charge in [-0.2, -0.15) is 0 Å². The largest absolute Gasteiger partial charge is 0.481 e. The predicted octanol–water partition coefficient (Wildman–Crippen LogP) is 1.50. The summed E-state index contributed by atoms with van der Waals surface area (Å²) in [4.78, 5) is 35.6. The zero-order valence-electron chi connectivity index (χ0n) is 9.60. The first-order valence-corrected chi connectivity index (χ1v) is 5.81. The van der Waals surface area contributed by atoms with Crippen molar-refractivity contribution < 1.29 is 19.5 Å². The summed E-state index contributed by atoms with van der Waals surface area (Å²) in [5, 5.41) is 8.51. The molecule has 0 radical (unpaired) electrons. The molecule has 0 spiro atoms. The molecule has 1 amide bonds. The van der Waals surface area contributed by atoms with Crippen LogP contribution in [0.1, 0.15) is 32.7 Å². The van der Waals surface area contributed by atoms with Crippen LogP contribution in [0.2, 0.25) is 0 Å². The maximum absolute atomic E-state index is 11.8. The van der Waals surface area contributed by atoms with Crippen LogP contribution in [0.15, 0.2) is 12.1 Å². The first-order valence-electron chi connectivity index (χ1n) is 5.00. The van der Waals surface area contributed by atoms with E-state index in [2.05, 4.69) is 0 Å². The van der Waals surface area contributed by atoms with Gasteiger partial charge in [-0.25, -0.2) is 0 Å². The van der Waals surface area contributed by atoms with E-state index < -0.39 is 5.97 Å². The van der Waals surface area contributed by atoms with Crippen LogP contribution in [-0.4, -0.2) is 41.3 Å². The summed E-state index contributed by atoms with van der Waals surface area (Å²) >= 11 is 1.12. The Kier molecular flexibility index (Phi) is 4.39. The fourth-order valence-electron chi connectivity index (χ4n) is 1.20. The number of carbonyl (C=O) groups excluding carboxylic acids is 2. The van der Waals surface area contributed by atoms with Crippen LogP contribution >= 0.6 is 11.3 Å². The number of carboxylic acids is 1. The van der Waals surface area contributed by atoms with Crippen molar-refractivity contribution in [3.05, 3.63) is 21.9 Å². The molecule has 92 valence electrons. The maximum atomic E-state index is 11.8. The first kappa shape index (κ1) is 13.4. The molecule has 0 aromatic carbocycles. The number of rotatable bonds is 5. The highest BCUT2D eigenvalue weighted by Crippen LogP contribution is 2.18. The average Bonchev–Trinajstić information content (AvgIpc) is 2.73. The minimum atomic E-state index is -0.944. The van der Waals surface area contributed by atoms with Gasteiger partial charge in [-0.3, -0.25) is 14.4 Å². The molecule has 1 rings (SSSR count). The molecule has 1 aromatic heterocycles. The van der Waals surface area contributed by atoms with Gasteiger partial charge >= 0.3 is 5.97 Å². The summed E-state index contributed by atoms with van der Waals surface area (Å²) in [7, 11) is 1.54. The second-order valence-corrected chi connectivity index (χ2v) is 4.67. The topological polar surface area (TPSA) is 74.7 Å². The Morgan fingerprint density at radius 1 is 1.29 bits per heavy atom. The van der Waals surface area contributed by atoms with Crippen LogP contribution in [0.25, 0.3) is 0 Å². The van der Waals surface area contributed by atoms with Crippen LogP contribution in [0.5, 0.6) is 0 Å². The van der Waals surface area contributed by atoms with Crippen molar-refractivity contribution >= 4 is 29.0 Å². The van der Waals surface area contributed by atoms with Gasteiger partial charge in [0.1, 0.15) is 0 Å². The third-order valence-electron chi connectivity index (χ3n) is 2.17. The van der Waals surface area contributed by atoms with E-state index in [1.807, 2.05) is 0 Å². The summed E-state index contributed by atoms with van der Waals surface area (Å²) in [6.07, 6.45) is -0.0901. The molecule has 5 nitrogen and oxygen atoms in total. The van der Waals surface area contributed by atoms with E-state index in [0.717, 1.165) is 11.3 Å². The maximum Gasteiger partial charge on any atom is 0.305 e. The number of aliphatic carboxylic acids is 1. The van der Waals surface area contributed by atoms with E-state index in [1.165, 1.54) is 11.8 Å². The predicted molar refractivity (Wildman–Crippen MR) is 63.5 cm³/mol. The highest BCUT2D eigenvalue weighted by atomic mass is 32.1. The summed E-state index contributed by atoms with van der Waals surface area (Å²) in [6, 6.07) is 3.19. The SMILES string of the molecule is CC(=O)c1ccc(C(=O)N(C)CCC(=O)O)s1. The van der Waals surface area contributed by atoms with Crippen LogP contribution in [0.4, 0.5) is 0 Å². The van der Waals surface area contributed by atoms with Crippen LogP contribution < -0.4 is 0 Å². The fourth-order valence-corrected chi connectivity index (χ4v) is 2.09. The van der Waals surface area contributed by atoms with Crippen molar-refractivity contribution in [1.82, 2.24) is 4.90 Å². The van der Waals surface area contributed by atoms with Gasteiger partial charge in [-0.15, -0.1) is 11.3 Å². The van der Waals surface area contributed by atoms with Crippen LogP contribution in [-0.2, 0) is 4.79 Å². The Labute approximate surface area is 103 Å². The summed E-state index contributed by atoms with van der Waals surface area (Å²) in [5.74, 6) is -1.29. The van der Waals surface area contributed by atoms with E-state index in [-0.39, 0.29) is 24.7 Å². The highest BCUT2D eigenvalue weighted by molar-refractivity contribution is 7.15. The Morgan fingerprint density at radius 3 is 2.35 bits per heavy atom. The Bertz CT molecular complexity index is 452. The molecule has 1 aromatic rings. The van der Waals surface area contributed by atoms with Crippen molar-refractivity contribution in [2.45, 2.75) is 13.3 Å². The van der Waals surface area contributed by atoms with Gasteiger partial charge < -0.3 is 10.0 Å². The molecule has 0 atom stereocenters. The molecule has 0 aliphatic carbocycles. The van der Waals surface area contributed by atoms with E-state index >= 15 is 0 Å². The lowest BCUT2D eigenvalue weighted by Crippen LogP contribution is -2.28. The number of carboxylic acid groups (broad SMARTS) is 1. The van der Waals surface area contributed by atoms with Gasteiger partial charge in [-0.1, -0.05) is 0 Å². The third-order valence-corrected chi connectivity index (χ3v) is 3.35. The normalized spacial score (nSPS) is 10.0. The van der Waals surface area contributed by atoms with E-state index in [0.29, 0.717) is 9.75 Å². The van der Waals surface area contributed by atoms with Gasteiger partial charge in [0, 0.05) is 13.6 Å². The molecule has 0 saturated heterocycles. The molecular formula is C11H13NO4S. The van der Waals surface area contributed by atoms with Crippen LogP contribution in [0.3, 0.4) is 0 Å². The lowest BCUT2D eigenvalue weighted by molar-refractivity contribution is -0.137. The molecule has 0 saturated carbocycles. The number of nitrogens with zero attached hydrogens (tertiary/aromatic N) is 1. The number of carbonyl (C=O) groups is 3. The Hall–Kier alpha value is -1.69. The molecule has 6 heteroatoms. The van der Waals surface area contributed by atoms with Crippen LogP contribution in [0, 0.1) is 0 Å². The van der Waals surface area contributed by atoms with E-state index in [1.54, 1.807) is 19.2 Å². The van der Waals surface area contributed by atoms with Crippen molar-refractivity contribution in [1.29, 1.82) is 0 Å². The second kappa shape index (κ2) is 5.58. The lowest BCUT2D eigenvalue weighted by Gasteiger charge is -2.14. The van der Waals surface area contributed by atoms with Crippen molar-refractivity contribution in [2.24, 2.45) is 0 Å². The van der Waals surface area contributed by atoms with Gasteiger partial charge in [0.25, 0.3) is 5.91 Å². The summed E-state index contributed by atoms with van der Waals surface area (Å²) in [6.45, 7) is 1.59. The monoisotopic (exact) mass is 255 g/mol. The molecule has 17 heavy (non-hydrogen) atoms. The smallest absolute Gasteiger partial charge is 0.305 e. The van der Waals surface area contributed by atoms with Gasteiger partial charge in [0.05, 0.1) is 16.2 Å². The number of Topliss-reactive ketones (excluding diaryl/α,β-unsaturated/α-hetero) is 1. The van der Waals surface area contributed by atoms with Crippen molar-refractivity contribution in [3.63, 3.8) is 0 Å². The molecule has 0 bridgehead atoms. The molecule has 0 aliphatic heterocycles. The molecule has 1 heterocycles. The third kappa shape index (κ3) is 3.67. The minimum Gasteiger partial charge on any atom is -0.481 e. The number of amides is 1. The minimum absolute atomic E-state index is 0.0813. The zero-order chi connectivity index (χ0) is 13.0. The van der Waals surface area contributed by atoms with Gasteiger partial charge in [-0.05, 0) is 19.1 Å². The first-order chi connectivity index (χ1) is 7.91. The van der Waals surface area contributed by atoms with E-state index in [4.69, 9.17) is 5.11 Å². The molecule has 0 unspecified atom stereocenters.